The van der Waals surface area contributed by atoms with E-state index in [4.69, 9.17) is 9.96 Å². The fourth-order valence-corrected chi connectivity index (χ4v) is 9.97. The smallest absolute Gasteiger partial charge is 0.258 e. The van der Waals surface area contributed by atoms with Crippen LogP contribution in [0.15, 0.2) is 16.9 Å². The summed E-state index contributed by atoms with van der Waals surface area (Å²) in [5, 5.41) is 4.09. The van der Waals surface area contributed by atoms with Crippen LogP contribution in [0.4, 0.5) is 0 Å². The minimum absolute atomic E-state index is 0.100. The van der Waals surface area contributed by atoms with Crippen LogP contribution in [0.3, 0.4) is 0 Å². The molecule has 0 aromatic heterocycles. The lowest BCUT2D eigenvalue weighted by atomic mass is 9.72. The Labute approximate surface area is 149 Å². The summed E-state index contributed by atoms with van der Waals surface area (Å²) in [5.74, 6) is 1.43. The second-order valence-corrected chi connectivity index (χ2v) is 14.6. The van der Waals surface area contributed by atoms with Crippen molar-refractivity contribution in [2.24, 2.45) is 16.4 Å². The molecule has 1 rings (SSSR count). The van der Waals surface area contributed by atoms with Gasteiger partial charge in [0.2, 0.25) is 0 Å². The molecule has 0 unspecified atom stereocenters. The van der Waals surface area contributed by atoms with Crippen LogP contribution in [0.1, 0.15) is 75.2 Å². The van der Waals surface area contributed by atoms with Crippen molar-refractivity contribution in [3.63, 3.8) is 0 Å². The van der Waals surface area contributed by atoms with Crippen molar-refractivity contribution in [3.05, 3.63) is 22.3 Å². The highest BCUT2D eigenvalue weighted by Crippen LogP contribution is 2.46. The first-order valence-electron chi connectivity index (χ1n) is 9.40. The maximum absolute atomic E-state index is 8.98. The van der Waals surface area contributed by atoms with E-state index in [-0.39, 0.29) is 11.5 Å². The summed E-state index contributed by atoms with van der Waals surface area (Å²) in [6.07, 6.45) is 4.10. The quantitative estimate of drug-likeness (QED) is 0.216. The lowest BCUT2D eigenvalue weighted by molar-refractivity contribution is 0.183. The van der Waals surface area contributed by atoms with Crippen molar-refractivity contribution >= 4 is 8.32 Å². The van der Waals surface area contributed by atoms with E-state index in [0.29, 0.717) is 22.5 Å². The Bertz CT molecular complexity index is 477. The van der Waals surface area contributed by atoms with Crippen LogP contribution in [-0.2, 0) is 4.43 Å². The van der Waals surface area contributed by atoms with Gasteiger partial charge in [-0.15, -0.1) is 0 Å². The van der Waals surface area contributed by atoms with Gasteiger partial charge in [-0.1, -0.05) is 67.4 Å². The zero-order chi connectivity index (χ0) is 18.7. The maximum Gasteiger partial charge on any atom is 0.258 e. The molecule has 0 saturated carbocycles. The average Bonchev–Trinajstić information content (AvgIpc) is 2.42. The van der Waals surface area contributed by atoms with Gasteiger partial charge in [0.1, 0.15) is 0 Å². The van der Waals surface area contributed by atoms with Crippen molar-refractivity contribution in [2.45, 2.75) is 97.8 Å². The van der Waals surface area contributed by atoms with E-state index in [1.165, 1.54) is 0 Å². The number of nitrogens with zero attached hydrogens (tertiary/aromatic N) is 3. The molecule has 0 bridgehead atoms. The fourth-order valence-electron chi connectivity index (χ4n) is 4.64. The van der Waals surface area contributed by atoms with Crippen LogP contribution in [-0.4, -0.2) is 14.4 Å². The predicted molar refractivity (Wildman–Crippen MR) is 105 cm³/mol. The van der Waals surface area contributed by atoms with Crippen molar-refractivity contribution in [2.75, 3.05) is 0 Å². The van der Waals surface area contributed by atoms with E-state index >= 15 is 0 Å². The Hall–Kier alpha value is -0.933. The van der Waals surface area contributed by atoms with Gasteiger partial charge in [0.05, 0.1) is 11.8 Å². The molecule has 0 radical (unpaired) electrons. The lowest BCUT2D eigenvalue weighted by Crippen LogP contribution is -2.48. The van der Waals surface area contributed by atoms with E-state index in [1.807, 2.05) is 0 Å². The third-order valence-electron chi connectivity index (χ3n) is 5.78. The summed E-state index contributed by atoms with van der Waals surface area (Å²) in [6, 6.07) is -0.100. The van der Waals surface area contributed by atoms with E-state index in [0.717, 1.165) is 18.6 Å². The molecule has 0 amide bonds. The molecule has 138 valence electrons. The molecular weight excluding hydrogens is 314 g/mol. The van der Waals surface area contributed by atoms with Crippen molar-refractivity contribution in [1.82, 2.24) is 0 Å². The lowest BCUT2D eigenvalue weighted by Gasteiger charge is -2.45. The van der Waals surface area contributed by atoms with E-state index < -0.39 is 8.32 Å². The van der Waals surface area contributed by atoms with Gasteiger partial charge in [0.15, 0.2) is 0 Å². The Morgan fingerprint density at radius 3 is 2.00 bits per heavy atom. The Morgan fingerprint density at radius 2 is 1.62 bits per heavy atom. The highest BCUT2D eigenvalue weighted by atomic mass is 28.4. The highest BCUT2D eigenvalue weighted by Gasteiger charge is 2.48. The third kappa shape index (κ3) is 4.37. The summed E-state index contributed by atoms with van der Waals surface area (Å²) in [7, 11) is -1.94. The van der Waals surface area contributed by atoms with Crippen molar-refractivity contribution in [1.29, 1.82) is 0 Å². The summed E-state index contributed by atoms with van der Waals surface area (Å²) < 4.78 is 6.82. The molecule has 0 fully saturated rings. The summed E-state index contributed by atoms with van der Waals surface area (Å²) in [5.41, 5.74) is 10.8. The molecule has 24 heavy (non-hydrogen) atoms. The van der Waals surface area contributed by atoms with Crippen LogP contribution in [0.2, 0.25) is 16.6 Å². The van der Waals surface area contributed by atoms with Gasteiger partial charge in [-0.2, -0.15) is 0 Å². The first-order valence-corrected chi connectivity index (χ1v) is 11.5. The summed E-state index contributed by atoms with van der Waals surface area (Å²) in [6.45, 7) is 20.5. The molecule has 0 aromatic rings. The zero-order valence-electron chi connectivity index (χ0n) is 17.1. The van der Waals surface area contributed by atoms with Gasteiger partial charge in [-0.25, -0.2) is 0 Å². The maximum atomic E-state index is 8.98. The zero-order valence-corrected chi connectivity index (χ0v) is 18.1. The summed E-state index contributed by atoms with van der Waals surface area (Å²) >= 11 is 0. The number of azide groups is 1. The number of rotatable bonds is 6. The van der Waals surface area contributed by atoms with Crippen molar-refractivity contribution < 1.29 is 4.43 Å². The Morgan fingerprint density at radius 1 is 1.12 bits per heavy atom. The van der Waals surface area contributed by atoms with Crippen molar-refractivity contribution in [3.8, 4) is 0 Å². The van der Waals surface area contributed by atoms with Gasteiger partial charge < -0.3 is 4.43 Å². The molecule has 5 heteroatoms. The third-order valence-corrected chi connectivity index (χ3v) is 11.8. The SMILES string of the molecule is CC(C)[Si](OC1=C[C@@H](N=[N+]=[N-])[C@@H](C(C)(C)C)CC1)(C(C)C)C(C)C. The molecule has 0 N–H and O–H groups in total. The number of hydrogen-bond acceptors (Lipinski definition) is 2. The van der Waals surface area contributed by atoms with Crippen LogP contribution in [0, 0.1) is 11.3 Å². The molecule has 0 spiro atoms. The molecule has 0 aromatic carbocycles. The Kier molecular flexibility index (Phi) is 7.01. The van der Waals surface area contributed by atoms with Gasteiger partial charge in [0, 0.05) is 11.3 Å². The second kappa shape index (κ2) is 7.96. The molecule has 0 saturated heterocycles. The largest absolute Gasteiger partial charge is 0.546 e. The average molecular weight is 352 g/mol. The Balaban J connectivity index is 3.19. The van der Waals surface area contributed by atoms with E-state index in [1.54, 1.807) is 0 Å². The van der Waals surface area contributed by atoms with Gasteiger partial charge >= 0.3 is 0 Å². The van der Waals surface area contributed by atoms with Crippen LogP contribution < -0.4 is 0 Å². The molecular formula is C19H37N3OSi. The molecule has 2 atom stereocenters. The predicted octanol–water partition coefficient (Wildman–Crippen LogP) is 7.20. The van der Waals surface area contributed by atoms with Crippen LogP contribution in [0.25, 0.3) is 10.4 Å². The molecule has 4 nitrogen and oxygen atoms in total. The monoisotopic (exact) mass is 351 g/mol. The van der Waals surface area contributed by atoms with Crippen LogP contribution >= 0.6 is 0 Å². The van der Waals surface area contributed by atoms with Crippen LogP contribution in [0.5, 0.6) is 0 Å². The number of hydrogen-bond donors (Lipinski definition) is 0. The summed E-state index contributed by atoms with van der Waals surface area (Å²) in [4.78, 5) is 3.10. The minimum atomic E-state index is -1.94. The van der Waals surface area contributed by atoms with E-state index in [9.17, 15) is 0 Å². The normalized spacial score (nSPS) is 22.6. The first kappa shape index (κ1) is 21.1. The van der Waals surface area contributed by atoms with Gasteiger partial charge in [-0.3, -0.25) is 0 Å². The molecule has 0 aliphatic heterocycles. The fraction of sp³-hybridized carbons (Fsp3) is 0.895. The standard InChI is InChI=1S/C19H37N3OSi/c1-13(2)24(14(3)4,15(5)6)23-16-10-11-17(19(7,8)9)18(12-16)21-22-20/h12-15,17-18H,10-11H2,1-9H3/t17-,18+/m0/s1. The molecule has 1 aliphatic carbocycles. The molecule has 1 aliphatic rings. The van der Waals surface area contributed by atoms with Gasteiger partial charge in [0.25, 0.3) is 8.32 Å². The second-order valence-electron chi connectivity index (χ2n) is 9.26. The molecule has 0 heterocycles. The number of allylic oxidation sites excluding steroid dienone is 1. The first-order chi connectivity index (χ1) is 11.0. The highest BCUT2D eigenvalue weighted by molar-refractivity contribution is 6.77. The van der Waals surface area contributed by atoms with E-state index in [2.05, 4.69) is 78.4 Å². The topological polar surface area (TPSA) is 58.0 Å². The minimum Gasteiger partial charge on any atom is -0.546 e. The van der Waals surface area contributed by atoms with Gasteiger partial charge in [-0.05, 0) is 46.0 Å².